The zero-order chi connectivity index (χ0) is 8.65. The highest BCUT2D eigenvalue weighted by Crippen LogP contribution is 2.43. The molecular formula is C4H6NO5P. The first-order valence-electron chi connectivity index (χ1n) is 2.85. The minimum absolute atomic E-state index is 0.0208. The van der Waals surface area contributed by atoms with Crippen molar-refractivity contribution in [2.75, 3.05) is 0 Å². The van der Waals surface area contributed by atoms with Crippen LogP contribution >= 0.6 is 7.75 Å². The van der Waals surface area contributed by atoms with Crippen LogP contribution in [0.5, 0.6) is 0 Å². The number of nitrogens with zero attached hydrogens (tertiary/aromatic N) is 1. The van der Waals surface area contributed by atoms with Crippen LogP contribution < -0.4 is 0 Å². The lowest BCUT2D eigenvalue weighted by Crippen LogP contribution is -2.25. The van der Waals surface area contributed by atoms with Gasteiger partial charge in [-0.05, 0) is 0 Å². The van der Waals surface area contributed by atoms with E-state index in [-0.39, 0.29) is 17.5 Å². The van der Waals surface area contributed by atoms with E-state index >= 15 is 0 Å². The third-order valence-electron chi connectivity index (χ3n) is 1.29. The Balaban J connectivity index is 2.95. The molecule has 0 aromatic carbocycles. The molecule has 1 aliphatic heterocycles. The Bertz CT molecular complexity index is 239. The maximum Gasteiger partial charge on any atom is 0.439 e. The van der Waals surface area contributed by atoms with Crippen molar-refractivity contribution in [3.8, 4) is 0 Å². The number of amides is 2. The lowest BCUT2D eigenvalue weighted by atomic mass is 10.4. The van der Waals surface area contributed by atoms with E-state index in [0.717, 1.165) is 0 Å². The van der Waals surface area contributed by atoms with Gasteiger partial charge in [-0.1, -0.05) is 0 Å². The number of hydrogen-bond acceptors (Lipinski definition) is 3. The third-order valence-corrected chi connectivity index (χ3v) is 2.25. The molecule has 0 aromatic heterocycles. The van der Waals surface area contributed by atoms with Crippen LogP contribution in [0.2, 0.25) is 0 Å². The highest BCUT2D eigenvalue weighted by molar-refractivity contribution is 7.50. The van der Waals surface area contributed by atoms with Crippen LogP contribution in [0, 0.1) is 0 Å². The molecule has 1 saturated heterocycles. The molecule has 2 N–H and O–H groups in total. The quantitative estimate of drug-likeness (QED) is 0.407. The van der Waals surface area contributed by atoms with Crippen LogP contribution in [0.25, 0.3) is 0 Å². The predicted molar refractivity (Wildman–Crippen MR) is 33.1 cm³/mol. The fourth-order valence-corrected chi connectivity index (χ4v) is 1.64. The molecule has 1 heterocycles. The molecule has 7 heteroatoms. The molecule has 1 rings (SSSR count). The van der Waals surface area contributed by atoms with Gasteiger partial charge in [0.1, 0.15) is 0 Å². The van der Waals surface area contributed by atoms with E-state index < -0.39 is 19.6 Å². The van der Waals surface area contributed by atoms with E-state index in [2.05, 4.69) is 0 Å². The van der Waals surface area contributed by atoms with Crippen molar-refractivity contribution in [2.45, 2.75) is 12.8 Å². The normalized spacial score (nSPS) is 19.6. The first-order chi connectivity index (χ1) is 4.93. The summed E-state index contributed by atoms with van der Waals surface area (Å²) in [4.78, 5) is 38.2. The molecule has 1 fully saturated rings. The summed E-state index contributed by atoms with van der Waals surface area (Å²) in [6.45, 7) is 0. The van der Waals surface area contributed by atoms with Gasteiger partial charge in [0.25, 0.3) is 0 Å². The Morgan fingerprint density at radius 1 is 1.18 bits per heavy atom. The molecule has 11 heavy (non-hydrogen) atoms. The number of carbonyl (C=O) groups is 2. The second-order valence-corrected chi connectivity index (χ2v) is 3.54. The number of carbonyl (C=O) groups excluding carboxylic acids is 2. The standard InChI is InChI=1S/C4H6NO5P/c6-3-1-2-4(7)5(3)11(8,9)10/h1-2H2,(H2,8,9,10). The van der Waals surface area contributed by atoms with Gasteiger partial charge in [0.2, 0.25) is 11.8 Å². The number of hydrogen-bond donors (Lipinski definition) is 2. The highest BCUT2D eigenvalue weighted by Gasteiger charge is 2.40. The summed E-state index contributed by atoms with van der Waals surface area (Å²) < 4.78 is 10.5. The van der Waals surface area contributed by atoms with Gasteiger partial charge < -0.3 is 9.79 Å². The predicted octanol–water partition coefficient (Wildman–Crippen LogP) is -0.772. The maximum atomic E-state index is 10.6. The van der Waals surface area contributed by atoms with Crippen LogP contribution in [0.1, 0.15) is 12.8 Å². The van der Waals surface area contributed by atoms with Crippen LogP contribution in [0.15, 0.2) is 0 Å². The summed E-state index contributed by atoms with van der Waals surface area (Å²) in [5.74, 6) is -1.60. The average Bonchev–Trinajstić information content (AvgIpc) is 2.08. The van der Waals surface area contributed by atoms with Crippen molar-refractivity contribution in [1.29, 1.82) is 0 Å². The largest absolute Gasteiger partial charge is 0.439 e. The van der Waals surface area contributed by atoms with Crippen molar-refractivity contribution >= 4 is 19.6 Å². The molecule has 62 valence electrons. The molecule has 0 spiro atoms. The Morgan fingerprint density at radius 2 is 1.55 bits per heavy atom. The van der Waals surface area contributed by atoms with Crippen molar-refractivity contribution < 1.29 is 23.9 Å². The summed E-state index contributed by atoms with van der Waals surface area (Å²) in [5.41, 5.74) is 0. The minimum Gasteiger partial charge on any atom is -0.308 e. The Labute approximate surface area is 62.0 Å². The monoisotopic (exact) mass is 179 g/mol. The Kier molecular flexibility index (Phi) is 1.83. The van der Waals surface area contributed by atoms with E-state index in [0.29, 0.717) is 0 Å². The minimum atomic E-state index is -4.69. The maximum absolute atomic E-state index is 10.6. The second-order valence-electron chi connectivity index (χ2n) is 2.11. The summed E-state index contributed by atoms with van der Waals surface area (Å²) in [7, 11) is -4.69. The van der Waals surface area contributed by atoms with Crippen molar-refractivity contribution in [2.24, 2.45) is 0 Å². The van der Waals surface area contributed by atoms with Gasteiger partial charge in [-0.25, -0.2) is 4.57 Å². The zero-order valence-electron chi connectivity index (χ0n) is 5.43. The number of imide groups is 1. The van der Waals surface area contributed by atoms with E-state index in [4.69, 9.17) is 9.79 Å². The summed E-state index contributed by atoms with van der Waals surface area (Å²) in [5, 5.41) is 0. The third kappa shape index (κ3) is 1.48. The molecule has 0 radical (unpaired) electrons. The second kappa shape index (κ2) is 2.41. The smallest absolute Gasteiger partial charge is 0.308 e. The lowest BCUT2D eigenvalue weighted by molar-refractivity contribution is -0.133. The zero-order valence-corrected chi connectivity index (χ0v) is 6.32. The van der Waals surface area contributed by atoms with E-state index in [1.54, 1.807) is 0 Å². The molecule has 0 saturated carbocycles. The van der Waals surface area contributed by atoms with E-state index in [1.165, 1.54) is 0 Å². The SMILES string of the molecule is O=C1CCC(=O)N1P(=O)(O)O. The van der Waals surface area contributed by atoms with Crippen molar-refractivity contribution in [3.63, 3.8) is 0 Å². The fourth-order valence-electron chi connectivity index (χ4n) is 0.855. The molecule has 0 bridgehead atoms. The van der Waals surface area contributed by atoms with Gasteiger partial charge in [-0.15, -0.1) is 0 Å². The molecule has 6 nitrogen and oxygen atoms in total. The molecule has 0 unspecified atom stereocenters. The number of rotatable bonds is 1. The molecule has 2 amide bonds. The van der Waals surface area contributed by atoms with Gasteiger partial charge in [-0.2, -0.15) is 4.67 Å². The lowest BCUT2D eigenvalue weighted by Gasteiger charge is -2.13. The molecule has 0 aliphatic carbocycles. The Hall–Kier alpha value is -0.710. The van der Waals surface area contributed by atoms with Gasteiger partial charge in [0.15, 0.2) is 0 Å². The van der Waals surface area contributed by atoms with E-state index in [1.807, 2.05) is 0 Å². The average molecular weight is 179 g/mol. The summed E-state index contributed by atoms with van der Waals surface area (Å²) in [6, 6.07) is 0. The summed E-state index contributed by atoms with van der Waals surface area (Å²) >= 11 is 0. The molecular weight excluding hydrogens is 173 g/mol. The topological polar surface area (TPSA) is 94.9 Å². The van der Waals surface area contributed by atoms with Crippen molar-refractivity contribution in [1.82, 2.24) is 4.67 Å². The van der Waals surface area contributed by atoms with E-state index in [9.17, 15) is 14.2 Å². The van der Waals surface area contributed by atoms with Crippen LogP contribution in [-0.4, -0.2) is 26.3 Å². The summed E-state index contributed by atoms with van der Waals surface area (Å²) in [6.07, 6.45) is -0.214. The van der Waals surface area contributed by atoms with Gasteiger partial charge in [0.05, 0.1) is 0 Å². The van der Waals surface area contributed by atoms with Crippen molar-refractivity contribution in [3.05, 3.63) is 0 Å². The van der Waals surface area contributed by atoms with Gasteiger partial charge >= 0.3 is 7.75 Å². The molecule has 0 aromatic rings. The van der Waals surface area contributed by atoms with Crippen LogP contribution in [0.4, 0.5) is 0 Å². The molecule has 0 atom stereocenters. The Morgan fingerprint density at radius 3 is 1.73 bits per heavy atom. The van der Waals surface area contributed by atoms with Crippen LogP contribution in [0.3, 0.4) is 0 Å². The van der Waals surface area contributed by atoms with Gasteiger partial charge in [-0.3, -0.25) is 9.59 Å². The highest BCUT2D eigenvalue weighted by atomic mass is 31.2. The molecule has 1 aliphatic rings. The van der Waals surface area contributed by atoms with Gasteiger partial charge in [0, 0.05) is 12.8 Å². The fraction of sp³-hybridized carbons (Fsp3) is 0.500. The first-order valence-corrected chi connectivity index (χ1v) is 4.41. The first kappa shape index (κ1) is 8.39. The van der Waals surface area contributed by atoms with Crippen LogP contribution in [-0.2, 0) is 14.2 Å².